The molecule has 0 amide bonds. The molecule has 0 bridgehead atoms. The maximum absolute atomic E-state index is 13.3. The molecule has 2 aliphatic rings. The second-order valence-electron chi connectivity index (χ2n) is 9.61. The van der Waals surface area contributed by atoms with Crippen LogP contribution in [0.5, 0.6) is 11.5 Å². The molecule has 0 radical (unpaired) electrons. The molecule has 1 aromatic heterocycles. The van der Waals surface area contributed by atoms with Crippen LogP contribution in [0.15, 0.2) is 60.5 Å². The van der Waals surface area contributed by atoms with Gasteiger partial charge in [0, 0.05) is 38.9 Å². The Morgan fingerprint density at radius 3 is 2.49 bits per heavy atom. The zero-order chi connectivity index (χ0) is 24.5. The first kappa shape index (κ1) is 23.1. The number of hydrogen-bond acceptors (Lipinski definition) is 6. The number of carbonyl (C=O) groups is 1. The molecule has 180 valence electrons. The van der Waals surface area contributed by atoms with Gasteiger partial charge >= 0.3 is 0 Å². The van der Waals surface area contributed by atoms with Crippen molar-refractivity contribution in [3.63, 3.8) is 0 Å². The molecule has 2 aromatic carbocycles. The van der Waals surface area contributed by atoms with Crippen molar-refractivity contribution in [1.29, 1.82) is 0 Å². The Morgan fingerprint density at radius 1 is 1.09 bits per heavy atom. The van der Waals surface area contributed by atoms with Gasteiger partial charge in [-0.05, 0) is 53.8 Å². The van der Waals surface area contributed by atoms with Gasteiger partial charge in [-0.15, -0.1) is 0 Å². The average Bonchev–Trinajstić information content (AvgIpc) is 3.19. The van der Waals surface area contributed by atoms with Gasteiger partial charge in [0.15, 0.2) is 5.76 Å². The number of allylic oxidation sites excluding steroid dienone is 1. The lowest BCUT2D eigenvalue weighted by Gasteiger charge is -2.35. The monoisotopic (exact) mass is 469 g/mol. The zero-order valence-corrected chi connectivity index (χ0v) is 20.5. The summed E-state index contributed by atoms with van der Waals surface area (Å²) in [6.45, 7) is 10.0. The number of aromatic nitrogens is 1. The number of hydrogen-bond donors (Lipinski definition) is 1. The number of fused-ring (bicyclic) bond motifs is 1. The molecule has 1 saturated heterocycles. The van der Waals surface area contributed by atoms with E-state index in [1.54, 1.807) is 12.1 Å². The molecule has 6 heteroatoms. The van der Waals surface area contributed by atoms with Gasteiger partial charge in [-0.3, -0.25) is 9.69 Å². The molecule has 3 heterocycles. The van der Waals surface area contributed by atoms with E-state index in [9.17, 15) is 9.90 Å². The van der Waals surface area contributed by atoms with Crippen molar-refractivity contribution >= 4 is 17.7 Å². The van der Waals surface area contributed by atoms with Gasteiger partial charge in [0.2, 0.25) is 5.78 Å². The van der Waals surface area contributed by atoms with E-state index in [0.717, 1.165) is 43.1 Å². The first-order valence-corrected chi connectivity index (χ1v) is 12.2. The summed E-state index contributed by atoms with van der Waals surface area (Å²) < 4.78 is 6.13. The minimum atomic E-state index is -0.133. The van der Waals surface area contributed by atoms with Gasteiger partial charge in [-0.25, -0.2) is 4.98 Å². The summed E-state index contributed by atoms with van der Waals surface area (Å²) in [5.74, 6) is 2.26. The predicted molar refractivity (Wildman–Crippen MR) is 138 cm³/mol. The number of ketones is 1. The van der Waals surface area contributed by atoms with Crippen LogP contribution in [-0.2, 0) is 6.54 Å². The molecule has 1 fully saturated rings. The smallest absolute Gasteiger partial charge is 0.232 e. The lowest BCUT2D eigenvalue weighted by Crippen LogP contribution is -2.46. The summed E-state index contributed by atoms with van der Waals surface area (Å²) >= 11 is 0. The van der Waals surface area contributed by atoms with Crippen LogP contribution in [0.3, 0.4) is 0 Å². The molecular weight excluding hydrogens is 438 g/mol. The van der Waals surface area contributed by atoms with E-state index < -0.39 is 0 Å². The Balaban J connectivity index is 1.35. The van der Waals surface area contributed by atoms with Crippen molar-refractivity contribution in [2.24, 2.45) is 0 Å². The van der Waals surface area contributed by atoms with E-state index in [1.165, 1.54) is 5.56 Å². The van der Waals surface area contributed by atoms with E-state index in [-0.39, 0.29) is 11.5 Å². The van der Waals surface area contributed by atoms with Crippen molar-refractivity contribution in [2.75, 3.05) is 31.1 Å². The Bertz CT molecular complexity index is 1260. The number of aromatic hydroxyl groups is 1. The maximum Gasteiger partial charge on any atom is 0.232 e. The molecule has 0 aliphatic carbocycles. The van der Waals surface area contributed by atoms with Gasteiger partial charge in [-0.2, -0.15) is 0 Å². The normalized spacial score (nSPS) is 17.2. The molecular formula is C29H31N3O3. The van der Waals surface area contributed by atoms with Crippen molar-refractivity contribution < 1.29 is 14.6 Å². The van der Waals surface area contributed by atoms with Crippen molar-refractivity contribution in [2.45, 2.75) is 33.2 Å². The molecule has 0 saturated carbocycles. The number of phenols is 1. The first-order valence-electron chi connectivity index (χ1n) is 12.2. The number of piperazine rings is 1. The van der Waals surface area contributed by atoms with Crippen LogP contribution in [0.4, 0.5) is 5.82 Å². The number of Topliss-reactive ketones (excluding diaryl/α,β-unsaturated/α-hetero) is 1. The molecule has 6 nitrogen and oxygen atoms in total. The fourth-order valence-electron chi connectivity index (χ4n) is 4.76. The number of benzene rings is 2. The summed E-state index contributed by atoms with van der Waals surface area (Å²) in [5, 5.41) is 10.8. The minimum absolute atomic E-state index is 0.133. The van der Waals surface area contributed by atoms with Crippen LogP contribution >= 0.6 is 0 Å². The summed E-state index contributed by atoms with van der Waals surface area (Å²) in [5.41, 5.74) is 4.11. The van der Waals surface area contributed by atoms with Gasteiger partial charge in [0.1, 0.15) is 17.3 Å². The Kier molecular flexibility index (Phi) is 6.31. The highest BCUT2D eigenvalue weighted by Gasteiger charge is 2.34. The van der Waals surface area contributed by atoms with Gasteiger partial charge in [-0.1, -0.05) is 44.2 Å². The maximum atomic E-state index is 13.3. The minimum Gasteiger partial charge on any atom is -0.507 e. The largest absolute Gasteiger partial charge is 0.507 e. The fraction of sp³-hybridized carbons (Fsp3) is 0.310. The average molecular weight is 470 g/mol. The van der Waals surface area contributed by atoms with E-state index in [1.807, 2.05) is 43.5 Å². The molecule has 0 atom stereocenters. The summed E-state index contributed by atoms with van der Waals surface area (Å²) in [6, 6.07) is 15.8. The number of aryl methyl sites for hydroxylation is 1. The highest BCUT2D eigenvalue weighted by molar-refractivity contribution is 6.15. The quantitative estimate of drug-likeness (QED) is 0.521. The third kappa shape index (κ3) is 4.66. The topological polar surface area (TPSA) is 65.9 Å². The SMILES string of the molecule is Cc1cc(O)c(CN2CCN(c3ccccn3)CC2)c2c1C(=O)/C(=C\c1ccc(C(C)C)cc1)O2. The molecule has 5 rings (SSSR count). The van der Waals surface area contributed by atoms with Crippen molar-refractivity contribution in [1.82, 2.24) is 9.88 Å². The van der Waals surface area contributed by atoms with Crippen molar-refractivity contribution in [3.05, 3.63) is 88.3 Å². The third-order valence-corrected chi connectivity index (χ3v) is 6.85. The third-order valence-electron chi connectivity index (χ3n) is 6.85. The number of anilines is 1. The molecule has 2 aliphatic heterocycles. The summed E-state index contributed by atoms with van der Waals surface area (Å²) in [7, 11) is 0. The van der Waals surface area contributed by atoms with Crippen LogP contribution in [0.25, 0.3) is 6.08 Å². The predicted octanol–water partition coefficient (Wildman–Crippen LogP) is 5.16. The van der Waals surface area contributed by atoms with E-state index >= 15 is 0 Å². The second-order valence-corrected chi connectivity index (χ2v) is 9.61. The number of phenolic OH excluding ortho intramolecular Hbond substituents is 1. The molecule has 0 unspecified atom stereocenters. The van der Waals surface area contributed by atoms with Crippen LogP contribution in [0, 0.1) is 6.92 Å². The van der Waals surface area contributed by atoms with E-state index in [0.29, 0.717) is 35.1 Å². The summed E-state index contributed by atoms with van der Waals surface area (Å²) in [4.78, 5) is 22.2. The van der Waals surface area contributed by atoms with Gasteiger partial charge in [0.25, 0.3) is 0 Å². The number of rotatable bonds is 5. The molecule has 3 aromatic rings. The Labute approximate surface area is 206 Å². The lowest BCUT2D eigenvalue weighted by molar-refractivity contribution is 0.101. The number of ether oxygens (including phenoxy) is 1. The lowest BCUT2D eigenvalue weighted by atomic mass is 9.98. The molecule has 0 spiro atoms. The number of nitrogens with zero attached hydrogens (tertiary/aromatic N) is 3. The Morgan fingerprint density at radius 2 is 1.83 bits per heavy atom. The van der Waals surface area contributed by atoms with E-state index in [2.05, 4.69) is 40.8 Å². The number of pyridine rings is 1. The second kappa shape index (κ2) is 9.55. The fourth-order valence-corrected chi connectivity index (χ4v) is 4.76. The van der Waals surface area contributed by atoms with Crippen LogP contribution in [0.2, 0.25) is 0 Å². The van der Waals surface area contributed by atoms with Crippen molar-refractivity contribution in [3.8, 4) is 11.5 Å². The van der Waals surface area contributed by atoms with Gasteiger partial charge in [0.05, 0.1) is 11.1 Å². The van der Waals surface area contributed by atoms with Crippen LogP contribution < -0.4 is 9.64 Å². The number of carbonyl (C=O) groups excluding carboxylic acids is 1. The highest BCUT2D eigenvalue weighted by Crippen LogP contribution is 2.42. The Hall–Kier alpha value is -3.64. The molecule has 35 heavy (non-hydrogen) atoms. The molecule has 1 N–H and O–H groups in total. The standard InChI is InChI=1S/C29H31N3O3/c1-19(2)22-9-7-21(8-10-22)17-25-28(34)27-20(3)16-24(33)23(29(27)35-25)18-31-12-14-32(15-13-31)26-6-4-5-11-30-26/h4-11,16-17,19,33H,12-15,18H2,1-3H3/b25-17+. The first-order chi connectivity index (χ1) is 16.9. The van der Waals surface area contributed by atoms with Crippen LogP contribution in [0.1, 0.15) is 52.4 Å². The highest BCUT2D eigenvalue weighted by atomic mass is 16.5. The zero-order valence-electron chi connectivity index (χ0n) is 20.5. The summed E-state index contributed by atoms with van der Waals surface area (Å²) in [6.07, 6.45) is 3.60. The van der Waals surface area contributed by atoms with Gasteiger partial charge < -0.3 is 14.7 Å². The van der Waals surface area contributed by atoms with Crippen LogP contribution in [-0.4, -0.2) is 47.0 Å². The van der Waals surface area contributed by atoms with E-state index in [4.69, 9.17) is 4.74 Å².